The molecule has 1 aromatic carbocycles. The van der Waals surface area contributed by atoms with Gasteiger partial charge in [-0.3, -0.25) is 9.59 Å². The molecule has 1 fully saturated rings. The fourth-order valence-corrected chi connectivity index (χ4v) is 2.39. The maximum Gasteiger partial charge on any atom is 0.305 e. The first-order chi connectivity index (χ1) is 9.00. The van der Waals surface area contributed by atoms with E-state index in [1.165, 1.54) is 0 Å². The third-order valence-electron chi connectivity index (χ3n) is 3.59. The number of nitrogens with zero attached hydrogens (tertiary/aromatic N) is 2. The lowest BCUT2D eigenvalue weighted by Gasteiger charge is -2.43. The van der Waals surface area contributed by atoms with Gasteiger partial charge in [0, 0.05) is 25.3 Å². The number of carboxylic acids is 1. The number of anilines is 1. The normalized spacial score (nSPS) is 23.6. The number of benzene rings is 1. The van der Waals surface area contributed by atoms with E-state index in [1.54, 1.807) is 11.9 Å². The molecule has 1 amide bonds. The van der Waals surface area contributed by atoms with E-state index < -0.39 is 12.0 Å². The molecule has 1 saturated heterocycles. The number of carbonyl (C=O) groups is 2. The lowest BCUT2D eigenvalue weighted by molar-refractivity contribution is -0.143. The van der Waals surface area contributed by atoms with Crippen LogP contribution in [0.25, 0.3) is 0 Å². The second-order valence-corrected chi connectivity index (χ2v) is 4.90. The number of carbonyl (C=O) groups excluding carboxylic acids is 1. The summed E-state index contributed by atoms with van der Waals surface area (Å²) in [6.45, 7) is 2.61. The highest BCUT2D eigenvalue weighted by molar-refractivity contribution is 5.90. The predicted molar refractivity (Wildman–Crippen MR) is 72.1 cm³/mol. The van der Waals surface area contributed by atoms with E-state index in [0.29, 0.717) is 6.54 Å². The lowest BCUT2D eigenvalue weighted by Crippen LogP contribution is -2.60. The molecule has 2 atom stereocenters. The van der Waals surface area contributed by atoms with Gasteiger partial charge in [0.15, 0.2) is 0 Å². The molecule has 5 heteroatoms. The van der Waals surface area contributed by atoms with Gasteiger partial charge in [-0.15, -0.1) is 0 Å². The summed E-state index contributed by atoms with van der Waals surface area (Å²) in [4.78, 5) is 26.8. The Kier molecular flexibility index (Phi) is 3.74. The molecule has 0 aliphatic carbocycles. The number of aliphatic carboxylic acids is 1. The van der Waals surface area contributed by atoms with Gasteiger partial charge >= 0.3 is 5.97 Å². The Morgan fingerprint density at radius 1 is 1.37 bits per heavy atom. The van der Waals surface area contributed by atoms with E-state index in [4.69, 9.17) is 5.11 Å². The molecular formula is C14H18N2O3. The largest absolute Gasteiger partial charge is 0.481 e. The summed E-state index contributed by atoms with van der Waals surface area (Å²) in [7, 11) is 1.73. The smallest absolute Gasteiger partial charge is 0.305 e. The van der Waals surface area contributed by atoms with Crippen LogP contribution >= 0.6 is 0 Å². The number of hydrogen-bond donors (Lipinski definition) is 1. The Hall–Kier alpha value is -2.04. The number of amides is 1. The van der Waals surface area contributed by atoms with E-state index in [2.05, 4.69) is 0 Å². The molecule has 1 aromatic rings. The van der Waals surface area contributed by atoms with Crippen LogP contribution in [0.3, 0.4) is 0 Å². The van der Waals surface area contributed by atoms with Crippen LogP contribution in [0.2, 0.25) is 0 Å². The third-order valence-corrected chi connectivity index (χ3v) is 3.59. The Bertz CT molecular complexity index is 475. The van der Waals surface area contributed by atoms with Crippen LogP contribution < -0.4 is 4.90 Å². The molecule has 1 aliphatic rings. The first-order valence-corrected chi connectivity index (χ1v) is 6.31. The standard InChI is InChI=1S/C14H18N2O3/c1-10-9-16(11-6-4-3-5-7-11)12(8-13(17)18)14(19)15(10)2/h3-7,10,12H,8-9H2,1-2H3,(H,17,18). The maximum absolute atomic E-state index is 12.3. The van der Waals surface area contributed by atoms with Crippen LogP contribution in [0.5, 0.6) is 0 Å². The van der Waals surface area contributed by atoms with Crippen molar-refractivity contribution in [2.45, 2.75) is 25.4 Å². The molecule has 0 saturated carbocycles. The Morgan fingerprint density at radius 2 is 2.00 bits per heavy atom. The maximum atomic E-state index is 12.3. The van der Waals surface area contributed by atoms with Crippen LogP contribution in [0.1, 0.15) is 13.3 Å². The number of para-hydroxylation sites is 1. The zero-order valence-electron chi connectivity index (χ0n) is 11.1. The molecule has 0 radical (unpaired) electrons. The van der Waals surface area contributed by atoms with Crippen molar-refractivity contribution in [3.8, 4) is 0 Å². The van der Waals surface area contributed by atoms with Crippen molar-refractivity contribution in [3.05, 3.63) is 30.3 Å². The highest BCUT2D eigenvalue weighted by Gasteiger charge is 2.37. The first kappa shape index (κ1) is 13.4. The summed E-state index contributed by atoms with van der Waals surface area (Å²) >= 11 is 0. The molecule has 1 heterocycles. The molecule has 0 bridgehead atoms. The number of piperazine rings is 1. The van der Waals surface area contributed by atoms with Crippen LogP contribution in [0.15, 0.2) is 30.3 Å². The summed E-state index contributed by atoms with van der Waals surface area (Å²) in [6, 6.07) is 8.93. The van der Waals surface area contributed by atoms with Crippen LogP contribution in [-0.4, -0.2) is 47.6 Å². The molecule has 0 aromatic heterocycles. The zero-order valence-corrected chi connectivity index (χ0v) is 11.1. The third kappa shape index (κ3) is 2.70. The van der Waals surface area contributed by atoms with Crippen molar-refractivity contribution in [1.82, 2.24) is 4.90 Å². The highest BCUT2D eigenvalue weighted by Crippen LogP contribution is 2.24. The summed E-state index contributed by atoms with van der Waals surface area (Å²) in [6.07, 6.45) is -0.176. The number of hydrogen-bond acceptors (Lipinski definition) is 3. The minimum absolute atomic E-state index is 0.0674. The molecule has 5 nitrogen and oxygen atoms in total. The average Bonchev–Trinajstić information content (AvgIpc) is 2.40. The average molecular weight is 262 g/mol. The van der Waals surface area contributed by atoms with E-state index in [0.717, 1.165) is 5.69 Å². The Balaban J connectivity index is 2.32. The Labute approximate surface area is 112 Å². The molecule has 2 unspecified atom stereocenters. The first-order valence-electron chi connectivity index (χ1n) is 6.31. The minimum atomic E-state index is -0.956. The second-order valence-electron chi connectivity index (χ2n) is 4.90. The van der Waals surface area contributed by atoms with Crippen molar-refractivity contribution in [2.75, 3.05) is 18.5 Å². The fourth-order valence-electron chi connectivity index (χ4n) is 2.39. The number of rotatable bonds is 3. The summed E-state index contributed by atoms with van der Waals surface area (Å²) in [5.41, 5.74) is 0.891. The van der Waals surface area contributed by atoms with E-state index >= 15 is 0 Å². The Morgan fingerprint density at radius 3 is 2.58 bits per heavy atom. The van der Waals surface area contributed by atoms with Gasteiger partial charge in [-0.25, -0.2) is 0 Å². The predicted octanol–water partition coefficient (Wildman–Crippen LogP) is 1.20. The summed E-state index contributed by atoms with van der Waals surface area (Å²) in [5, 5.41) is 9.00. The van der Waals surface area contributed by atoms with Gasteiger partial charge in [0.05, 0.1) is 6.42 Å². The van der Waals surface area contributed by atoms with Gasteiger partial charge in [0.1, 0.15) is 6.04 Å². The van der Waals surface area contributed by atoms with E-state index in [-0.39, 0.29) is 18.4 Å². The van der Waals surface area contributed by atoms with Gasteiger partial charge in [-0.2, -0.15) is 0 Å². The monoisotopic (exact) mass is 262 g/mol. The van der Waals surface area contributed by atoms with Crippen LogP contribution in [-0.2, 0) is 9.59 Å². The second kappa shape index (κ2) is 5.30. The molecule has 102 valence electrons. The van der Waals surface area contributed by atoms with Gasteiger partial charge in [0.2, 0.25) is 5.91 Å². The molecular weight excluding hydrogens is 244 g/mol. The lowest BCUT2D eigenvalue weighted by atomic mass is 10.0. The molecule has 1 aliphatic heterocycles. The summed E-state index contributed by atoms with van der Waals surface area (Å²) in [5.74, 6) is -1.09. The highest BCUT2D eigenvalue weighted by atomic mass is 16.4. The van der Waals surface area contributed by atoms with Gasteiger partial charge in [-0.05, 0) is 19.1 Å². The van der Waals surface area contributed by atoms with Crippen LogP contribution in [0.4, 0.5) is 5.69 Å². The quantitative estimate of drug-likeness (QED) is 0.889. The molecule has 0 spiro atoms. The molecule has 2 rings (SSSR count). The summed E-state index contributed by atoms with van der Waals surface area (Å²) < 4.78 is 0. The number of likely N-dealkylation sites (N-methyl/N-ethyl adjacent to an activating group) is 1. The van der Waals surface area contributed by atoms with Crippen molar-refractivity contribution in [3.63, 3.8) is 0 Å². The topological polar surface area (TPSA) is 60.9 Å². The van der Waals surface area contributed by atoms with Crippen molar-refractivity contribution >= 4 is 17.6 Å². The van der Waals surface area contributed by atoms with E-state index in [1.807, 2.05) is 42.2 Å². The van der Waals surface area contributed by atoms with Gasteiger partial charge < -0.3 is 14.9 Å². The minimum Gasteiger partial charge on any atom is -0.481 e. The van der Waals surface area contributed by atoms with Crippen molar-refractivity contribution < 1.29 is 14.7 Å². The molecule has 1 N–H and O–H groups in total. The van der Waals surface area contributed by atoms with E-state index in [9.17, 15) is 9.59 Å². The number of carboxylic acid groups (broad SMARTS) is 1. The fraction of sp³-hybridized carbons (Fsp3) is 0.429. The van der Waals surface area contributed by atoms with Crippen molar-refractivity contribution in [2.24, 2.45) is 0 Å². The van der Waals surface area contributed by atoms with Crippen LogP contribution in [0, 0.1) is 0 Å². The SMILES string of the molecule is CC1CN(c2ccccc2)C(CC(=O)O)C(=O)N1C. The van der Waals surface area contributed by atoms with Crippen molar-refractivity contribution in [1.29, 1.82) is 0 Å². The van der Waals surface area contributed by atoms with Gasteiger partial charge in [-0.1, -0.05) is 18.2 Å². The molecule has 19 heavy (non-hydrogen) atoms. The zero-order chi connectivity index (χ0) is 14.0. The van der Waals surface area contributed by atoms with Gasteiger partial charge in [0.25, 0.3) is 0 Å².